The minimum absolute atomic E-state index is 0.407. The Balaban J connectivity index is 1.69. The van der Waals surface area contributed by atoms with Crippen LogP contribution in [0.15, 0.2) is 18.2 Å². The Morgan fingerprint density at radius 1 is 1.10 bits per heavy atom. The Bertz CT molecular complexity index is 451. The fourth-order valence-electron chi connectivity index (χ4n) is 4.06. The predicted molar refractivity (Wildman–Crippen MR) is 83.0 cm³/mol. The standard InChI is InChI=1S/C18H27NO/c1-13(14-6-3-2-4-7-14)19-18-9-5-8-15-12-16(20)10-11-17(15)18/h10-14,18-20H,2-9H2,1H3. The van der Waals surface area contributed by atoms with Crippen molar-refractivity contribution >= 4 is 0 Å². The Kier molecular flexibility index (Phi) is 4.30. The van der Waals surface area contributed by atoms with Crippen LogP contribution < -0.4 is 5.32 Å². The number of hydrogen-bond acceptors (Lipinski definition) is 2. The molecule has 1 aromatic carbocycles. The van der Waals surface area contributed by atoms with Crippen molar-refractivity contribution in [2.45, 2.75) is 70.4 Å². The molecule has 0 aliphatic heterocycles. The first kappa shape index (κ1) is 13.9. The number of hydrogen-bond donors (Lipinski definition) is 2. The molecule has 0 aromatic heterocycles. The summed E-state index contributed by atoms with van der Waals surface area (Å²) in [5.41, 5.74) is 2.75. The first-order chi connectivity index (χ1) is 9.74. The van der Waals surface area contributed by atoms with E-state index in [1.54, 1.807) is 0 Å². The molecule has 2 unspecified atom stereocenters. The number of aryl methyl sites for hydroxylation is 1. The fourth-order valence-corrected chi connectivity index (χ4v) is 4.06. The summed E-state index contributed by atoms with van der Waals surface area (Å²) in [6.07, 6.45) is 10.6. The summed E-state index contributed by atoms with van der Waals surface area (Å²) < 4.78 is 0. The molecule has 20 heavy (non-hydrogen) atoms. The smallest absolute Gasteiger partial charge is 0.115 e. The van der Waals surface area contributed by atoms with Crippen LogP contribution >= 0.6 is 0 Å². The van der Waals surface area contributed by atoms with Crippen LogP contribution in [0.1, 0.15) is 69.0 Å². The third-order valence-electron chi connectivity index (χ3n) is 5.26. The summed E-state index contributed by atoms with van der Waals surface area (Å²) in [5.74, 6) is 1.26. The zero-order valence-corrected chi connectivity index (χ0v) is 12.6. The number of aromatic hydroxyl groups is 1. The quantitative estimate of drug-likeness (QED) is 0.859. The molecule has 0 saturated heterocycles. The van der Waals surface area contributed by atoms with E-state index in [0.29, 0.717) is 17.8 Å². The van der Waals surface area contributed by atoms with Crippen molar-refractivity contribution in [1.82, 2.24) is 5.32 Å². The highest BCUT2D eigenvalue weighted by molar-refractivity contribution is 5.38. The van der Waals surface area contributed by atoms with Crippen LogP contribution in [0, 0.1) is 5.92 Å². The van der Waals surface area contributed by atoms with Gasteiger partial charge in [-0.1, -0.05) is 25.3 Å². The van der Waals surface area contributed by atoms with Crippen LogP contribution in [0.4, 0.5) is 0 Å². The fraction of sp³-hybridized carbons (Fsp3) is 0.667. The summed E-state index contributed by atoms with van der Waals surface area (Å²) in [4.78, 5) is 0. The van der Waals surface area contributed by atoms with Gasteiger partial charge in [-0.25, -0.2) is 0 Å². The lowest BCUT2D eigenvalue weighted by Crippen LogP contribution is -2.38. The van der Waals surface area contributed by atoms with Crippen molar-refractivity contribution in [3.05, 3.63) is 29.3 Å². The minimum atomic E-state index is 0.407. The lowest BCUT2D eigenvalue weighted by atomic mass is 9.82. The van der Waals surface area contributed by atoms with Gasteiger partial charge in [-0.05, 0) is 68.2 Å². The second-order valence-electron chi connectivity index (χ2n) is 6.68. The van der Waals surface area contributed by atoms with Crippen molar-refractivity contribution in [2.75, 3.05) is 0 Å². The molecular formula is C18H27NO. The maximum atomic E-state index is 9.64. The molecule has 2 nitrogen and oxygen atoms in total. The van der Waals surface area contributed by atoms with Gasteiger partial charge < -0.3 is 10.4 Å². The lowest BCUT2D eigenvalue weighted by Gasteiger charge is -2.34. The van der Waals surface area contributed by atoms with Crippen LogP contribution in [0.2, 0.25) is 0 Å². The van der Waals surface area contributed by atoms with Gasteiger partial charge in [-0.15, -0.1) is 0 Å². The predicted octanol–water partition coefficient (Wildman–Crippen LogP) is 4.33. The summed E-state index contributed by atoms with van der Waals surface area (Å²) in [5, 5.41) is 13.5. The second kappa shape index (κ2) is 6.17. The van der Waals surface area contributed by atoms with Gasteiger partial charge in [0, 0.05) is 12.1 Å². The maximum absolute atomic E-state index is 9.64. The van der Waals surface area contributed by atoms with E-state index in [4.69, 9.17) is 0 Å². The molecule has 2 aliphatic carbocycles. The summed E-state index contributed by atoms with van der Waals surface area (Å²) in [7, 11) is 0. The number of rotatable bonds is 3. The molecule has 0 spiro atoms. The summed E-state index contributed by atoms with van der Waals surface area (Å²) in [6.45, 7) is 2.37. The SMILES string of the molecule is CC(NC1CCCc2cc(O)ccc21)C1CCCCC1. The highest BCUT2D eigenvalue weighted by Crippen LogP contribution is 2.34. The van der Waals surface area contributed by atoms with Gasteiger partial charge in [-0.3, -0.25) is 0 Å². The molecular weight excluding hydrogens is 246 g/mol. The number of nitrogens with one attached hydrogen (secondary N) is 1. The van der Waals surface area contributed by atoms with Crippen LogP contribution in [0.5, 0.6) is 5.75 Å². The summed E-state index contributed by atoms with van der Waals surface area (Å²) in [6, 6.07) is 7.00. The molecule has 2 N–H and O–H groups in total. The van der Waals surface area contributed by atoms with Crippen molar-refractivity contribution < 1.29 is 5.11 Å². The average molecular weight is 273 g/mol. The van der Waals surface area contributed by atoms with Crippen molar-refractivity contribution in [3.63, 3.8) is 0 Å². The molecule has 0 radical (unpaired) electrons. The van der Waals surface area contributed by atoms with E-state index in [-0.39, 0.29) is 0 Å². The van der Waals surface area contributed by atoms with Crippen molar-refractivity contribution in [2.24, 2.45) is 5.92 Å². The summed E-state index contributed by atoms with van der Waals surface area (Å²) >= 11 is 0. The van der Waals surface area contributed by atoms with E-state index >= 15 is 0 Å². The molecule has 0 amide bonds. The van der Waals surface area contributed by atoms with Crippen molar-refractivity contribution in [1.29, 1.82) is 0 Å². The van der Waals surface area contributed by atoms with E-state index in [9.17, 15) is 5.11 Å². The van der Waals surface area contributed by atoms with Gasteiger partial charge in [0.2, 0.25) is 0 Å². The van der Waals surface area contributed by atoms with E-state index in [1.807, 2.05) is 12.1 Å². The molecule has 3 rings (SSSR count). The van der Waals surface area contributed by atoms with Crippen LogP contribution in [-0.4, -0.2) is 11.1 Å². The lowest BCUT2D eigenvalue weighted by molar-refractivity contribution is 0.257. The van der Waals surface area contributed by atoms with E-state index in [2.05, 4.69) is 18.3 Å². The molecule has 0 bridgehead atoms. The molecule has 110 valence electrons. The molecule has 1 aromatic rings. The number of phenolic OH excluding ortho intramolecular Hbond substituents is 1. The van der Waals surface area contributed by atoms with Gasteiger partial charge in [0.1, 0.15) is 5.75 Å². The second-order valence-corrected chi connectivity index (χ2v) is 6.68. The minimum Gasteiger partial charge on any atom is -0.508 e. The number of benzene rings is 1. The van der Waals surface area contributed by atoms with Crippen molar-refractivity contribution in [3.8, 4) is 5.75 Å². The molecule has 1 saturated carbocycles. The highest BCUT2D eigenvalue weighted by atomic mass is 16.3. The average Bonchev–Trinajstić information content (AvgIpc) is 2.48. The maximum Gasteiger partial charge on any atom is 0.115 e. The van der Waals surface area contributed by atoms with Crippen LogP contribution in [0.25, 0.3) is 0 Å². The molecule has 2 atom stereocenters. The van der Waals surface area contributed by atoms with Gasteiger partial charge in [0.05, 0.1) is 0 Å². The third-order valence-corrected chi connectivity index (χ3v) is 5.26. The van der Waals surface area contributed by atoms with E-state index < -0.39 is 0 Å². The van der Waals surface area contributed by atoms with Gasteiger partial charge >= 0.3 is 0 Å². The molecule has 1 fully saturated rings. The molecule has 2 heteroatoms. The van der Waals surface area contributed by atoms with Crippen LogP contribution in [-0.2, 0) is 6.42 Å². The number of fused-ring (bicyclic) bond motifs is 1. The molecule has 2 aliphatic rings. The zero-order chi connectivity index (χ0) is 13.9. The monoisotopic (exact) mass is 273 g/mol. The van der Waals surface area contributed by atoms with E-state index in [0.717, 1.165) is 12.3 Å². The van der Waals surface area contributed by atoms with Gasteiger partial charge in [-0.2, -0.15) is 0 Å². The Labute approximate surface area is 122 Å². The Hall–Kier alpha value is -1.02. The Morgan fingerprint density at radius 2 is 1.90 bits per heavy atom. The largest absolute Gasteiger partial charge is 0.508 e. The Morgan fingerprint density at radius 3 is 2.70 bits per heavy atom. The first-order valence-electron chi connectivity index (χ1n) is 8.32. The third kappa shape index (κ3) is 3.01. The van der Waals surface area contributed by atoms with Gasteiger partial charge in [0.25, 0.3) is 0 Å². The highest BCUT2D eigenvalue weighted by Gasteiger charge is 2.26. The van der Waals surface area contributed by atoms with E-state index in [1.165, 1.54) is 56.1 Å². The van der Waals surface area contributed by atoms with Crippen LogP contribution in [0.3, 0.4) is 0 Å². The molecule has 0 heterocycles. The van der Waals surface area contributed by atoms with Gasteiger partial charge in [0.15, 0.2) is 0 Å². The first-order valence-corrected chi connectivity index (χ1v) is 8.32. The number of phenols is 1. The topological polar surface area (TPSA) is 32.3 Å². The normalized spacial score (nSPS) is 25.1. The zero-order valence-electron chi connectivity index (χ0n) is 12.6.